The lowest BCUT2D eigenvalue weighted by Crippen LogP contribution is -2.08. The van der Waals surface area contributed by atoms with Gasteiger partial charge in [-0.15, -0.1) is 0 Å². The van der Waals surface area contributed by atoms with Crippen LogP contribution in [0.4, 0.5) is 11.4 Å². The summed E-state index contributed by atoms with van der Waals surface area (Å²) in [5.41, 5.74) is 3.27. The smallest absolute Gasteiger partial charge is 0.248 e. The molecule has 126 valence electrons. The third-order valence-electron chi connectivity index (χ3n) is 3.56. The molecule has 0 spiro atoms. The van der Waals surface area contributed by atoms with Crippen LogP contribution in [0.15, 0.2) is 59.0 Å². The maximum atomic E-state index is 12.0. The van der Waals surface area contributed by atoms with Crippen LogP contribution in [0, 0.1) is 6.92 Å². The van der Waals surface area contributed by atoms with Crippen molar-refractivity contribution in [3.8, 4) is 0 Å². The lowest BCUT2D eigenvalue weighted by atomic mass is 10.2. The molecule has 0 saturated heterocycles. The first-order valence-corrected chi connectivity index (χ1v) is 7.86. The summed E-state index contributed by atoms with van der Waals surface area (Å²) in [4.78, 5) is 23.0. The number of hydrogen-bond donors (Lipinski definition) is 2. The molecule has 2 amide bonds. The lowest BCUT2D eigenvalue weighted by molar-refractivity contribution is -0.114. The van der Waals surface area contributed by atoms with Gasteiger partial charge in [0, 0.05) is 29.8 Å². The fourth-order valence-electron chi connectivity index (χ4n) is 2.45. The number of furan rings is 1. The van der Waals surface area contributed by atoms with E-state index in [1.54, 1.807) is 30.3 Å². The van der Waals surface area contributed by atoms with Gasteiger partial charge in [0.2, 0.25) is 11.8 Å². The molecule has 1 aromatic heterocycles. The summed E-state index contributed by atoms with van der Waals surface area (Å²) in [6, 6.07) is 14.7. The molecule has 0 saturated carbocycles. The van der Waals surface area contributed by atoms with Crippen molar-refractivity contribution in [1.82, 2.24) is 0 Å². The van der Waals surface area contributed by atoms with E-state index in [9.17, 15) is 9.59 Å². The van der Waals surface area contributed by atoms with Crippen molar-refractivity contribution in [3.05, 3.63) is 65.9 Å². The zero-order valence-corrected chi connectivity index (χ0v) is 14.0. The van der Waals surface area contributed by atoms with E-state index in [1.165, 1.54) is 13.0 Å². The van der Waals surface area contributed by atoms with Gasteiger partial charge in [-0.1, -0.05) is 11.6 Å². The van der Waals surface area contributed by atoms with Crippen LogP contribution >= 0.6 is 0 Å². The predicted molar refractivity (Wildman–Crippen MR) is 99.4 cm³/mol. The molecule has 0 aliphatic heterocycles. The number of carbonyl (C=O) groups excluding carboxylic acids is 2. The molecule has 1 heterocycles. The molecule has 5 nitrogen and oxygen atoms in total. The number of amides is 2. The first-order chi connectivity index (χ1) is 12.0. The van der Waals surface area contributed by atoms with Crippen LogP contribution in [0.5, 0.6) is 0 Å². The van der Waals surface area contributed by atoms with Gasteiger partial charge in [0.1, 0.15) is 11.3 Å². The van der Waals surface area contributed by atoms with Gasteiger partial charge in [0.15, 0.2) is 0 Å². The van der Waals surface area contributed by atoms with E-state index in [1.807, 2.05) is 31.2 Å². The fourth-order valence-corrected chi connectivity index (χ4v) is 2.45. The lowest BCUT2D eigenvalue weighted by Gasteiger charge is -2.04. The molecule has 3 aromatic rings. The van der Waals surface area contributed by atoms with Gasteiger partial charge in [-0.25, -0.2) is 0 Å². The first-order valence-electron chi connectivity index (χ1n) is 7.86. The Bertz CT molecular complexity index is 953. The molecule has 2 N–H and O–H groups in total. The molecule has 3 rings (SSSR count). The molecule has 0 aliphatic rings. The molecule has 0 unspecified atom stereocenters. The SMILES string of the molecule is CC(=O)Nc1ccc(NC(=O)C=Cc2cc3cc(C)ccc3o2)cc1. The normalized spacial score (nSPS) is 11.0. The number of hydrogen-bond acceptors (Lipinski definition) is 3. The number of carbonyl (C=O) groups is 2. The standard InChI is InChI=1S/C20H18N2O3/c1-13-3-9-19-15(11-13)12-18(25-19)8-10-20(24)22-17-6-4-16(5-7-17)21-14(2)23/h3-12H,1-2H3,(H,21,23)(H,22,24). The van der Waals surface area contributed by atoms with Crippen molar-refractivity contribution in [2.24, 2.45) is 0 Å². The van der Waals surface area contributed by atoms with Crippen LogP contribution in [-0.4, -0.2) is 11.8 Å². The second-order valence-electron chi connectivity index (χ2n) is 5.77. The highest BCUT2D eigenvalue weighted by atomic mass is 16.3. The quantitative estimate of drug-likeness (QED) is 0.697. The highest BCUT2D eigenvalue weighted by Crippen LogP contribution is 2.21. The molecule has 2 aromatic carbocycles. The predicted octanol–water partition coefficient (Wildman–Crippen LogP) is 4.35. The molecule has 0 radical (unpaired) electrons. The second-order valence-corrected chi connectivity index (χ2v) is 5.77. The largest absolute Gasteiger partial charge is 0.457 e. The third-order valence-corrected chi connectivity index (χ3v) is 3.56. The number of nitrogens with one attached hydrogen (secondary N) is 2. The Morgan fingerprint density at radius 1 is 0.960 bits per heavy atom. The maximum absolute atomic E-state index is 12.0. The Labute approximate surface area is 145 Å². The monoisotopic (exact) mass is 334 g/mol. The second kappa shape index (κ2) is 7.05. The van der Waals surface area contributed by atoms with Crippen molar-refractivity contribution < 1.29 is 14.0 Å². The van der Waals surface area contributed by atoms with Gasteiger partial charge >= 0.3 is 0 Å². The molecule has 0 fully saturated rings. The minimum Gasteiger partial charge on any atom is -0.457 e. The van der Waals surface area contributed by atoms with E-state index in [0.29, 0.717) is 17.1 Å². The van der Waals surface area contributed by atoms with Crippen LogP contribution in [0.2, 0.25) is 0 Å². The number of benzene rings is 2. The van der Waals surface area contributed by atoms with Gasteiger partial charge in [-0.05, 0) is 55.5 Å². The Morgan fingerprint density at radius 3 is 2.32 bits per heavy atom. The van der Waals surface area contributed by atoms with E-state index in [-0.39, 0.29) is 11.8 Å². The zero-order chi connectivity index (χ0) is 17.8. The molecule has 0 aliphatic carbocycles. The summed E-state index contributed by atoms with van der Waals surface area (Å²) in [6.45, 7) is 3.46. The van der Waals surface area contributed by atoms with Gasteiger partial charge in [0.05, 0.1) is 0 Å². The van der Waals surface area contributed by atoms with Crippen molar-refractivity contribution in [1.29, 1.82) is 0 Å². The van der Waals surface area contributed by atoms with Crippen molar-refractivity contribution in [2.45, 2.75) is 13.8 Å². The minimum atomic E-state index is -0.260. The van der Waals surface area contributed by atoms with E-state index < -0.39 is 0 Å². The van der Waals surface area contributed by atoms with Crippen molar-refractivity contribution >= 4 is 40.2 Å². The number of aryl methyl sites for hydroxylation is 1. The van der Waals surface area contributed by atoms with Crippen molar-refractivity contribution in [2.75, 3.05) is 10.6 Å². The molecular weight excluding hydrogens is 316 g/mol. The number of fused-ring (bicyclic) bond motifs is 1. The van der Waals surface area contributed by atoms with Crippen LogP contribution in [-0.2, 0) is 9.59 Å². The topological polar surface area (TPSA) is 71.3 Å². The molecule has 25 heavy (non-hydrogen) atoms. The highest BCUT2D eigenvalue weighted by molar-refractivity contribution is 6.02. The van der Waals surface area contributed by atoms with Gasteiger partial charge in [-0.3, -0.25) is 9.59 Å². The Balaban J connectivity index is 1.64. The average molecular weight is 334 g/mol. The summed E-state index contributed by atoms with van der Waals surface area (Å²) in [6.07, 6.45) is 3.06. The van der Waals surface area contributed by atoms with Gasteiger partial charge < -0.3 is 15.1 Å². The van der Waals surface area contributed by atoms with Crippen molar-refractivity contribution in [3.63, 3.8) is 0 Å². The number of anilines is 2. The summed E-state index contributed by atoms with van der Waals surface area (Å²) in [5, 5.41) is 6.43. The zero-order valence-electron chi connectivity index (χ0n) is 14.0. The third kappa shape index (κ3) is 4.35. The van der Waals surface area contributed by atoms with E-state index in [2.05, 4.69) is 10.6 Å². The van der Waals surface area contributed by atoms with Crippen LogP contribution in [0.3, 0.4) is 0 Å². The minimum absolute atomic E-state index is 0.138. The average Bonchev–Trinajstić information content (AvgIpc) is 2.96. The fraction of sp³-hybridized carbons (Fsp3) is 0.100. The van der Waals surface area contributed by atoms with Gasteiger partial charge in [-0.2, -0.15) is 0 Å². The summed E-state index contributed by atoms with van der Waals surface area (Å²) < 4.78 is 5.67. The maximum Gasteiger partial charge on any atom is 0.248 e. The Hall–Kier alpha value is -3.34. The summed E-state index contributed by atoms with van der Waals surface area (Å²) in [5.74, 6) is 0.224. The van der Waals surface area contributed by atoms with E-state index >= 15 is 0 Å². The number of rotatable bonds is 4. The van der Waals surface area contributed by atoms with Crippen LogP contribution < -0.4 is 10.6 Å². The molecule has 5 heteroatoms. The Morgan fingerprint density at radius 2 is 1.64 bits per heavy atom. The molecular formula is C20H18N2O3. The van der Waals surface area contributed by atoms with Gasteiger partial charge in [0.25, 0.3) is 0 Å². The van der Waals surface area contributed by atoms with Crippen LogP contribution in [0.1, 0.15) is 18.2 Å². The first kappa shape index (κ1) is 16.5. The highest BCUT2D eigenvalue weighted by Gasteiger charge is 2.03. The summed E-state index contributed by atoms with van der Waals surface area (Å²) in [7, 11) is 0. The Kier molecular flexibility index (Phi) is 4.66. The van der Waals surface area contributed by atoms with E-state index in [0.717, 1.165) is 16.5 Å². The van der Waals surface area contributed by atoms with Crippen LogP contribution in [0.25, 0.3) is 17.0 Å². The molecule has 0 atom stereocenters. The summed E-state index contributed by atoms with van der Waals surface area (Å²) >= 11 is 0. The van der Waals surface area contributed by atoms with E-state index in [4.69, 9.17) is 4.42 Å². The molecule has 0 bridgehead atoms.